The number of amides is 2. The number of hydrogen-bond acceptors (Lipinski definition) is 3. The zero-order valence-corrected chi connectivity index (χ0v) is 12.6. The minimum absolute atomic E-state index is 0.0359. The van der Waals surface area contributed by atoms with Crippen LogP contribution in [-0.4, -0.2) is 56.7 Å². The van der Waals surface area contributed by atoms with Crippen molar-refractivity contribution in [2.24, 2.45) is 5.92 Å². The molecule has 20 heavy (non-hydrogen) atoms. The number of carbonyl (C=O) groups is 2. The molecule has 3 fully saturated rings. The van der Waals surface area contributed by atoms with Crippen LogP contribution in [0.2, 0.25) is 0 Å². The smallest absolute Gasteiger partial charge is 0.327 e. The second-order valence-electron chi connectivity index (χ2n) is 6.07. The third kappa shape index (κ3) is 2.28. The Labute approximate surface area is 123 Å². The number of carboxylic acids is 1. The molecule has 4 unspecified atom stereocenters. The van der Waals surface area contributed by atoms with Gasteiger partial charge in [0.1, 0.15) is 6.04 Å². The van der Waals surface area contributed by atoms with Crippen LogP contribution in [0.5, 0.6) is 0 Å². The van der Waals surface area contributed by atoms with E-state index in [4.69, 9.17) is 0 Å². The molecule has 0 aromatic heterocycles. The summed E-state index contributed by atoms with van der Waals surface area (Å²) in [5, 5.41) is 9.26. The van der Waals surface area contributed by atoms with Gasteiger partial charge in [0.25, 0.3) is 0 Å². The molecule has 0 aromatic rings. The van der Waals surface area contributed by atoms with E-state index in [1.165, 1.54) is 19.3 Å². The molecule has 4 atom stereocenters. The SMILES string of the molecule is CC1SCC(C(=O)O)N1C(=O)N1CCC2CCCCC21. The maximum Gasteiger partial charge on any atom is 0.327 e. The predicted molar refractivity (Wildman–Crippen MR) is 77.6 cm³/mol. The lowest BCUT2D eigenvalue weighted by molar-refractivity contribution is -0.141. The summed E-state index contributed by atoms with van der Waals surface area (Å²) in [4.78, 5) is 27.7. The van der Waals surface area contributed by atoms with E-state index in [-0.39, 0.29) is 11.4 Å². The van der Waals surface area contributed by atoms with Crippen molar-refractivity contribution in [3.05, 3.63) is 0 Å². The quantitative estimate of drug-likeness (QED) is 0.806. The van der Waals surface area contributed by atoms with Gasteiger partial charge in [0, 0.05) is 18.3 Å². The maximum absolute atomic E-state index is 12.8. The van der Waals surface area contributed by atoms with Crippen LogP contribution >= 0.6 is 11.8 Å². The fourth-order valence-electron chi connectivity index (χ4n) is 3.92. The van der Waals surface area contributed by atoms with Gasteiger partial charge in [-0.15, -0.1) is 11.8 Å². The number of urea groups is 1. The lowest BCUT2D eigenvalue weighted by Crippen LogP contribution is -2.53. The maximum atomic E-state index is 12.8. The number of aliphatic carboxylic acids is 1. The Morgan fingerprint density at radius 1 is 1.20 bits per heavy atom. The van der Waals surface area contributed by atoms with Crippen molar-refractivity contribution in [3.63, 3.8) is 0 Å². The Kier molecular flexibility index (Phi) is 3.84. The van der Waals surface area contributed by atoms with Gasteiger partial charge in [-0.2, -0.15) is 0 Å². The van der Waals surface area contributed by atoms with E-state index in [1.54, 1.807) is 16.7 Å². The number of carbonyl (C=O) groups excluding carboxylic acids is 1. The molecule has 3 rings (SSSR count). The van der Waals surface area contributed by atoms with Gasteiger partial charge in [-0.05, 0) is 32.1 Å². The van der Waals surface area contributed by atoms with Crippen molar-refractivity contribution in [1.82, 2.24) is 9.80 Å². The lowest BCUT2D eigenvalue weighted by atomic mass is 9.85. The van der Waals surface area contributed by atoms with Crippen molar-refractivity contribution in [2.45, 2.75) is 56.5 Å². The summed E-state index contributed by atoms with van der Waals surface area (Å²) in [6.07, 6.45) is 5.86. The van der Waals surface area contributed by atoms with E-state index in [9.17, 15) is 14.7 Å². The van der Waals surface area contributed by atoms with Gasteiger partial charge >= 0.3 is 12.0 Å². The van der Waals surface area contributed by atoms with Gasteiger partial charge in [-0.25, -0.2) is 9.59 Å². The number of nitrogens with zero attached hydrogens (tertiary/aromatic N) is 2. The van der Waals surface area contributed by atoms with E-state index in [0.29, 0.717) is 17.7 Å². The van der Waals surface area contributed by atoms with Crippen LogP contribution in [-0.2, 0) is 4.79 Å². The summed E-state index contributed by atoms with van der Waals surface area (Å²) in [6, 6.07) is -0.363. The number of rotatable bonds is 1. The second kappa shape index (κ2) is 5.47. The second-order valence-corrected chi connectivity index (χ2v) is 7.42. The molecule has 1 saturated carbocycles. The van der Waals surface area contributed by atoms with Gasteiger partial charge in [0.2, 0.25) is 0 Å². The van der Waals surface area contributed by atoms with Crippen LogP contribution in [0.25, 0.3) is 0 Å². The fraction of sp³-hybridized carbons (Fsp3) is 0.857. The Morgan fingerprint density at radius 2 is 1.95 bits per heavy atom. The number of carboxylic acid groups (broad SMARTS) is 1. The zero-order chi connectivity index (χ0) is 14.3. The molecule has 2 heterocycles. The minimum Gasteiger partial charge on any atom is -0.480 e. The van der Waals surface area contributed by atoms with E-state index in [1.807, 2.05) is 11.8 Å². The van der Waals surface area contributed by atoms with Gasteiger partial charge < -0.3 is 10.0 Å². The molecule has 0 bridgehead atoms. The summed E-state index contributed by atoms with van der Waals surface area (Å²) in [5.41, 5.74) is 0. The van der Waals surface area contributed by atoms with Crippen molar-refractivity contribution >= 4 is 23.8 Å². The topological polar surface area (TPSA) is 60.9 Å². The van der Waals surface area contributed by atoms with Crippen molar-refractivity contribution < 1.29 is 14.7 Å². The van der Waals surface area contributed by atoms with Crippen LogP contribution in [0.1, 0.15) is 39.0 Å². The highest BCUT2D eigenvalue weighted by Crippen LogP contribution is 2.38. The zero-order valence-electron chi connectivity index (χ0n) is 11.8. The van der Waals surface area contributed by atoms with Crippen LogP contribution in [0, 0.1) is 5.92 Å². The molecule has 6 heteroatoms. The molecule has 112 valence electrons. The molecule has 2 aliphatic heterocycles. The molecular weight excluding hydrogens is 276 g/mol. The molecule has 0 aromatic carbocycles. The highest BCUT2D eigenvalue weighted by molar-refractivity contribution is 8.00. The Hall–Kier alpha value is -0.910. The molecule has 1 N–H and O–H groups in total. The normalized spacial score (nSPS) is 37.0. The van der Waals surface area contributed by atoms with E-state index in [2.05, 4.69) is 0 Å². The number of thioether (sulfide) groups is 1. The van der Waals surface area contributed by atoms with Crippen molar-refractivity contribution in [2.75, 3.05) is 12.3 Å². The first-order valence-electron chi connectivity index (χ1n) is 7.53. The molecule has 1 aliphatic carbocycles. The van der Waals surface area contributed by atoms with Crippen LogP contribution in [0.15, 0.2) is 0 Å². The van der Waals surface area contributed by atoms with Gasteiger partial charge in [-0.3, -0.25) is 4.90 Å². The van der Waals surface area contributed by atoms with Gasteiger partial charge in [-0.1, -0.05) is 12.8 Å². The Balaban J connectivity index is 1.76. The number of fused-ring (bicyclic) bond motifs is 1. The van der Waals surface area contributed by atoms with Crippen LogP contribution in [0.4, 0.5) is 4.79 Å². The first-order valence-corrected chi connectivity index (χ1v) is 8.58. The monoisotopic (exact) mass is 298 g/mol. The van der Waals surface area contributed by atoms with Crippen molar-refractivity contribution in [1.29, 1.82) is 0 Å². The molecule has 2 saturated heterocycles. The van der Waals surface area contributed by atoms with E-state index in [0.717, 1.165) is 19.4 Å². The van der Waals surface area contributed by atoms with Gasteiger partial charge in [0.05, 0.1) is 5.37 Å². The van der Waals surface area contributed by atoms with Crippen molar-refractivity contribution in [3.8, 4) is 0 Å². The fourth-order valence-corrected chi connectivity index (χ4v) is 5.08. The standard InChI is InChI=1S/C14H22N2O3S/c1-9-16(12(8-20-9)13(17)18)14(19)15-7-6-10-4-2-3-5-11(10)15/h9-12H,2-8H2,1H3,(H,17,18). The molecule has 0 spiro atoms. The molecule has 2 amide bonds. The average Bonchev–Trinajstić information content (AvgIpc) is 3.01. The predicted octanol–water partition coefficient (Wildman–Crippen LogP) is 2.22. The summed E-state index contributed by atoms with van der Waals surface area (Å²) >= 11 is 1.56. The van der Waals surface area contributed by atoms with Crippen LogP contribution in [0.3, 0.4) is 0 Å². The highest BCUT2D eigenvalue weighted by atomic mass is 32.2. The third-order valence-electron chi connectivity index (χ3n) is 4.98. The molecule has 5 nitrogen and oxygen atoms in total. The summed E-state index contributed by atoms with van der Waals surface area (Å²) in [5.74, 6) is 0.264. The Bertz CT molecular complexity index is 417. The molecule has 3 aliphatic rings. The number of hydrogen-bond donors (Lipinski definition) is 1. The Morgan fingerprint density at radius 3 is 2.70 bits per heavy atom. The summed E-state index contributed by atoms with van der Waals surface area (Å²) in [6.45, 7) is 2.73. The highest BCUT2D eigenvalue weighted by Gasteiger charge is 2.45. The van der Waals surface area contributed by atoms with Gasteiger partial charge in [0.15, 0.2) is 0 Å². The molecular formula is C14H22N2O3S. The lowest BCUT2D eigenvalue weighted by Gasteiger charge is -2.36. The first-order chi connectivity index (χ1) is 9.59. The summed E-state index contributed by atoms with van der Waals surface area (Å²) < 4.78 is 0. The average molecular weight is 298 g/mol. The van der Waals surface area contributed by atoms with E-state index >= 15 is 0 Å². The summed E-state index contributed by atoms with van der Waals surface area (Å²) in [7, 11) is 0. The first kappa shape index (κ1) is 14.0. The third-order valence-corrected chi connectivity index (χ3v) is 6.20. The van der Waals surface area contributed by atoms with E-state index < -0.39 is 12.0 Å². The largest absolute Gasteiger partial charge is 0.480 e. The minimum atomic E-state index is -0.880. The number of likely N-dealkylation sites (tertiary alicyclic amines) is 1. The molecule has 0 radical (unpaired) electrons. The van der Waals surface area contributed by atoms with Crippen LogP contribution < -0.4 is 0 Å².